The van der Waals surface area contributed by atoms with Crippen molar-refractivity contribution in [3.8, 4) is 11.1 Å². The highest BCUT2D eigenvalue weighted by molar-refractivity contribution is 7.90. The van der Waals surface area contributed by atoms with E-state index in [9.17, 15) is 18.0 Å². The number of carbonyl (C=O) groups is 2. The molecule has 2 amide bonds. The number of ether oxygens (including phenoxy) is 1. The Balaban J connectivity index is 2.09. The molecule has 2 aromatic rings. The van der Waals surface area contributed by atoms with Crippen molar-refractivity contribution >= 4 is 33.2 Å². The van der Waals surface area contributed by atoms with E-state index in [1.165, 1.54) is 11.8 Å². The summed E-state index contributed by atoms with van der Waals surface area (Å²) in [5.74, 6) is -0.104. The van der Waals surface area contributed by atoms with Crippen LogP contribution in [0.2, 0.25) is 0 Å². The number of nitrogens with zero attached hydrogens (tertiary/aromatic N) is 2. The van der Waals surface area contributed by atoms with Gasteiger partial charge in [0.1, 0.15) is 0 Å². The van der Waals surface area contributed by atoms with Crippen molar-refractivity contribution in [2.45, 2.75) is 31.7 Å². The zero-order chi connectivity index (χ0) is 21.3. The van der Waals surface area contributed by atoms with E-state index in [0.29, 0.717) is 17.9 Å². The lowest BCUT2D eigenvalue weighted by molar-refractivity contribution is -0.117. The molecule has 1 aliphatic heterocycles. The van der Waals surface area contributed by atoms with Crippen molar-refractivity contribution in [3.05, 3.63) is 42.5 Å². The number of hydrogen-bond donors (Lipinski definition) is 0. The SMILES string of the molecule is CCOC(=O)N1CC(C)N(C(C)=O)c2ccc(-c3ccc(S(C)(=O)=O)cc3)cc21. The number of hydrogen-bond acceptors (Lipinski definition) is 5. The first-order valence-electron chi connectivity index (χ1n) is 9.32. The summed E-state index contributed by atoms with van der Waals surface area (Å²) in [6.07, 6.45) is 0.698. The van der Waals surface area contributed by atoms with E-state index in [1.54, 1.807) is 42.2 Å². The van der Waals surface area contributed by atoms with Crippen LogP contribution in [0.1, 0.15) is 20.8 Å². The molecule has 1 atom stereocenters. The number of amides is 2. The molecule has 1 heterocycles. The van der Waals surface area contributed by atoms with Gasteiger partial charge in [0, 0.05) is 19.7 Å². The number of fused-ring (bicyclic) bond motifs is 1. The second-order valence-corrected chi connectivity index (χ2v) is 9.06. The third-order valence-electron chi connectivity index (χ3n) is 4.86. The molecule has 0 radical (unpaired) electrons. The third kappa shape index (κ3) is 4.12. The molecule has 0 N–H and O–H groups in total. The Morgan fingerprint density at radius 2 is 1.69 bits per heavy atom. The molecule has 0 fully saturated rings. The molecule has 1 unspecified atom stereocenters. The molecule has 8 heteroatoms. The van der Waals surface area contributed by atoms with Gasteiger partial charge >= 0.3 is 6.09 Å². The van der Waals surface area contributed by atoms with E-state index < -0.39 is 15.9 Å². The van der Waals surface area contributed by atoms with Crippen molar-refractivity contribution in [1.82, 2.24) is 0 Å². The van der Waals surface area contributed by atoms with Crippen molar-refractivity contribution in [2.75, 3.05) is 29.2 Å². The summed E-state index contributed by atoms with van der Waals surface area (Å²) in [5, 5.41) is 0. The third-order valence-corrected chi connectivity index (χ3v) is 5.99. The summed E-state index contributed by atoms with van der Waals surface area (Å²) in [5.41, 5.74) is 2.83. The van der Waals surface area contributed by atoms with E-state index >= 15 is 0 Å². The second-order valence-electron chi connectivity index (χ2n) is 7.05. The van der Waals surface area contributed by atoms with E-state index in [2.05, 4.69) is 0 Å². The minimum absolute atomic E-state index is 0.104. The average molecular weight is 416 g/mol. The van der Waals surface area contributed by atoms with Gasteiger partial charge in [0.2, 0.25) is 5.91 Å². The number of rotatable bonds is 3. The van der Waals surface area contributed by atoms with E-state index in [4.69, 9.17) is 4.74 Å². The lowest BCUT2D eigenvalue weighted by atomic mass is 10.0. The number of carbonyl (C=O) groups excluding carboxylic acids is 2. The average Bonchev–Trinajstić information content (AvgIpc) is 2.66. The molecule has 0 aromatic heterocycles. The molecule has 0 saturated carbocycles. The van der Waals surface area contributed by atoms with E-state index in [0.717, 1.165) is 17.4 Å². The normalized spacial score (nSPS) is 16.3. The number of anilines is 2. The monoisotopic (exact) mass is 416 g/mol. The summed E-state index contributed by atoms with van der Waals surface area (Å²) in [6, 6.07) is 11.8. The fourth-order valence-corrected chi connectivity index (χ4v) is 4.18. The molecular weight excluding hydrogens is 392 g/mol. The molecule has 0 aliphatic carbocycles. The highest BCUT2D eigenvalue weighted by Crippen LogP contribution is 2.39. The van der Waals surface area contributed by atoms with Gasteiger partial charge in [-0.2, -0.15) is 0 Å². The standard InChI is InChI=1S/C21H24N2O5S/c1-5-28-21(25)22-13-14(2)23(15(3)24)19-11-8-17(12-20(19)22)16-6-9-18(10-7-16)29(4,26)27/h6-12,14H,5,13H2,1-4H3. The highest BCUT2D eigenvalue weighted by atomic mass is 32.2. The van der Waals surface area contributed by atoms with Crippen LogP contribution in [0, 0.1) is 0 Å². The molecule has 3 rings (SSSR count). The van der Waals surface area contributed by atoms with Gasteiger partial charge in [-0.1, -0.05) is 18.2 Å². The van der Waals surface area contributed by atoms with Crippen LogP contribution >= 0.6 is 0 Å². The molecule has 29 heavy (non-hydrogen) atoms. The van der Waals surface area contributed by atoms with Crippen LogP contribution in [0.25, 0.3) is 11.1 Å². The number of sulfone groups is 1. The molecule has 1 aliphatic rings. The van der Waals surface area contributed by atoms with Gasteiger partial charge in [-0.3, -0.25) is 9.69 Å². The van der Waals surface area contributed by atoms with Gasteiger partial charge in [-0.25, -0.2) is 13.2 Å². The maximum Gasteiger partial charge on any atom is 0.414 e. The van der Waals surface area contributed by atoms with Gasteiger partial charge in [-0.05, 0) is 49.2 Å². The summed E-state index contributed by atoms with van der Waals surface area (Å²) in [4.78, 5) is 28.2. The Kier molecular flexibility index (Phi) is 5.66. The van der Waals surface area contributed by atoms with Crippen LogP contribution in [0.5, 0.6) is 0 Å². The molecule has 0 spiro atoms. The second kappa shape index (κ2) is 7.87. The fraction of sp³-hybridized carbons (Fsp3) is 0.333. The molecule has 7 nitrogen and oxygen atoms in total. The number of benzene rings is 2. The van der Waals surface area contributed by atoms with E-state index in [1.807, 2.05) is 19.1 Å². The van der Waals surface area contributed by atoms with Gasteiger partial charge in [-0.15, -0.1) is 0 Å². The van der Waals surface area contributed by atoms with Crippen LogP contribution in [-0.4, -0.2) is 45.9 Å². The summed E-state index contributed by atoms with van der Waals surface area (Å²) >= 11 is 0. The molecule has 2 aromatic carbocycles. The Morgan fingerprint density at radius 3 is 2.24 bits per heavy atom. The fourth-order valence-electron chi connectivity index (χ4n) is 3.55. The summed E-state index contributed by atoms with van der Waals surface area (Å²) < 4.78 is 28.6. The Bertz CT molecular complexity index is 1050. The summed E-state index contributed by atoms with van der Waals surface area (Å²) in [7, 11) is -3.28. The molecule has 0 bridgehead atoms. The maximum atomic E-state index is 12.5. The van der Waals surface area contributed by atoms with Crippen LogP contribution < -0.4 is 9.80 Å². The van der Waals surface area contributed by atoms with Crippen molar-refractivity contribution in [2.24, 2.45) is 0 Å². The lowest BCUT2D eigenvalue weighted by Gasteiger charge is -2.40. The first-order valence-corrected chi connectivity index (χ1v) is 11.2. The quantitative estimate of drug-likeness (QED) is 0.765. The zero-order valence-corrected chi connectivity index (χ0v) is 17.7. The Labute approximate surface area is 170 Å². The lowest BCUT2D eigenvalue weighted by Crippen LogP contribution is -2.51. The molecule has 0 saturated heterocycles. The first-order chi connectivity index (χ1) is 13.6. The van der Waals surface area contributed by atoms with Gasteiger partial charge < -0.3 is 9.64 Å². The van der Waals surface area contributed by atoms with Gasteiger partial charge in [0.25, 0.3) is 0 Å². The van der Waals surface area contributed by atoms with Crippen LogP contribution in [-0.2, 0) is 19.4 Å². The maximum absolute atomic E-state index is 12.5. The van der Waals surface area contributed by atoms with Crippen LogP contribution in [0.15, 0.2) is 47.4 Å². The van der Waals surface area contributed by atoms with Crippen LogP contribution in [0.4, 0.5) is 16.2 Å². The molecule has 154 valence electrons. The first kappa shape index (κ1) is 20.9. The van der Waals surface area contributed by atoms with Crippen LogP contribution in [0.3, 0.4) is 0 Å². The molecular formula is C21H24N2O5S. The van der Waals surface area contributed by atoms with Crippen molar-refractivity contribution < 1.29 is 22.7 Å². The smallest absolute Gasteiger partial charge is 0.414 e. The van der Waals surface area contributed by atoms with Crippen molar-refractivity contribution in [3.63, 3.8) is 0 Å². The minimum atomic E-state index is -3.28. The Morgan fingerprint density at radius 1 is 1.07 bits per heavy atom. The minimum Gasteiger partial charge on any atom is -0.449 e. The van der Waals surface area contributed by atoms with E-state index in [-0.39, 0.29) is 23.5 Å². The Hall–Kier alpha value is -2.87. The topological polar surface area (TPSA) is 84.0 Å². The van der Waals surface area contributed by atoms with Crippen molar-refractivity contribution in [1.29, 1.82) is 0 Å². The highest BCUT2D eigenvalue weighted by Gasteiger charge is 2.34. The van der Waals surface area contributed by atoms with Gasteiger partial charge in [0.15, 0.2) is 9.84 Å². The summed E-state index contributed by atoms with van der Waals surface area (Å²) in [6.45, 7) is 5.70. The predicted molar refractivity (Wildman–Crippen MR) is 112 cm³/mol. The van der Waals surface area contributed by atoms with Gasteiger partial charge in [0.05, 0.1) is 28.9 Å². The zero-order valence-electron chi connectivity index (χ0n) is 16.9. The predicted octanol–water partition coefficient (Wildman–Crippen LogP) is 3.48. The largest absolute Gasteiger partial charge is 0.449 e.